The number of Topliss-reactive ketones (excluding diaryl/α,β-unsaturated/α-hetero) is 2. The summed E-state index contributed by atoms with van der Waals surface area (Å²) in [6.45, 7) is 0.231. The molecule has 1 unspecified atom stereocenters. The maximum Gasteiger partial charge on any atom is 0.312 e. The molecule has 3 aromatic rings. The largest absolute Gasteiger partial charge is 0.489 e. The molecule has 1 atom stereocenters. The van der Waals surface area contributed by atoms with Gasteiger partial charge in [0.1, 0.15) is 18.2 Å². The molecule has 0 N–H and O–H groups in total. The van der Waals surface area contributed by atoms with Crippen molar-refractivity contribution in [3.63, 3.8) is 0 Å². The van der Waals surface area contributed by atoms with Gasteiger partial charge in [-0.15, -0.1) is 0 Å². The van der Waals surface area contributed by atoms with Crippen molar-refractivity contribution < 1.29 is 28.2 Å². The van der Waals surface area contributed by atoms with E-state index in [1.54, 1.807) is 60.7 Å². The van der Waals surface area contributed by atoms with E-state index < -0.39 is 17.7 Å². The molecule has 6 heteroatoms. The Hall–Kier alpha value is -4.06. The number of allylic oxidation sites excluding steroid dienone is 2. The minimum Gasteiger partial charge on any atom is -0.489 e. The maximum absolute atomic E-state index is 13.2. The number of fused-ring (bicyclic) bond motifs is 1. The number of esters is 1. The van der Waals surface area contributed by atoms with Crippen molar-refractivity contribution >= 4 is 17.5 Å². The molecule has 0 saturated carbocycles. The molecule has 1 aliphatic heterocycles. The molecule has 5 rings (SSSR count). The summed E-state index contributed by atoms with van der Waals surface area (Å²) in [7, 11) is 0. The average Bonchev–Trinajstić information content (AvgIpc) is 2.82. The van der Waals surface area contributed by atoms with Gasteiger partial charge in [0.15, 0.2) is 11.5 Å². The van der Waals surface area contributed by atoms with Gasteiger partial charge in [-0.05, 0) is 35.4 Å². The van der Waals surface area contributed by atoms with Crippen LogP contribution in [-0.2, 0) is 16.1 Å². The van der Waals surface area contributed by atoms with Gasteiger partial charge in [0.25, 0.3) is 0 Å². The van der Waals surface area contributed by atoms with E-state index in [9.17, 15) is 18.8 Å². The van der Waals surface area contributed by atoms with Crippen LogP contribution in [0.1, 0.15) is 44.2 Å². The van der Waals surface area contributed by atoms with Gasteiger partial charge in [-0.3, -0.25) is 14.4 Å². The van der Waals surface area contributed by atoms with Gasteiger partial charge in [0.05, 0.1) is 12.0 Å². The van der Waals surface area contributed by atoms with E-state index >= 15 is 0 Å². The Balaban J connectivity index is 1.48. The van der Waals surface area contributed by atoms with Gasteiger partial charge in [0.2, 0.25) is 5.78 Å². The lowest BCUT2D eigenvalue weighted by molar-refractivity contribution is -0.140. The highest BCUT2D eigenvalue weighted by Gasteiger charge is 2.42. The number of ketones is 2. The van der Waals surface area contributed by atoms with Gasteiger partial charge < -0.3 is 9.47 Å². The molecule has 0 radical (unpaired) electrons. The zero-order valence-electron chi connectivity index (χ0n) is 16.8. The zero-order chi connectivity index (χ0) is 22.2. The number of hydrogen-bond donors (Lipinski definition) is 0. The van der Waals surface area contributed by atoms with E-state index in [0.29, 0.717) is 16.9 Å². The smallest absolute Gasteiger partial charge is 0.312 e. The third-order valence-corrected chi connectivity index (χ3v) is 5.63. The van der Waals surface area contributed by atoms with Crippen molar-refractivity contribution in [2.24, 2.45) is 0 Å². The molecule has 0 spiro atoms. The van der Waals surface area contributed by atoms with Crippen LogP contribution in [0.2, 0.25) is 0 Å². The fourth-order valence-electron chi connectivity index (χ4n) is 4.07. The van der Waals surface area contributed by atoms with Crippen molar-refractivity contribution in [3.05, 3.63) is 112 Å². The Kier molecular flexibility index (Phi) is 4.90. The SMILES string of the molecule is O=C1CC(c2cccc(OCc3ccc(F)cc3)c2)C2=C(O1)C(=O)c1ccccc1C2=O. The van der Waals surface area contributed by atoms with Crippen molar-refractivity contribution in [1.82, 2.24) is 0 Å². The Morgan fingerprint density at radius 1 is 0.875 bits per heavy atom. The molecule has 0 fully saturated rings. The third-order valence-electron chi connectivity index (χ3n) is 5.63. The highest BCUT2D eigenvalue weighted by molar-refractivity contribution is 6.27. The van der Waals surface area contributed by atoms with Crippen molar-refractivity contribution in [2.75, 3.05) is 0 Å². The Labute approximate surface area is 183 Å². The lowest BCUT2D eigenvalue weighted by Crippen LogP contribution is -2.32. The summed E-state index contributed by atoms with van der Waals surface area (Å²) in [6, 6.07) is 19.6. The fourth-order valence-corrected chi connectivity index (χ4v) is 4.07. The van der Waals surface area contributed by atoms with Crippen LogP contribution in [0.15, 0.2) is 84.1 Å². The number of ether oxygens (including phenoxy) is 2. The maximum atomic E-state index is 13.2. The normalized spacial score (nSPS) is 17.5. The molecule has 5 nitrogen and oxygen atoms in total. The van der Waals surface area contributed by atoms with Crippen LogP contribution in [0.25, 0.3) is 0 Å². The summed E-state index contributed by atoms with van der Waals surface area (Å²) in [5.74, 6) is -1.94. The predicted molar refractivity (Wildman–Crippen MR) is 113 cm³/mol. The number of carbonyl (C=O) groups is 3. The van der Waals surface area contributed by atoms with E-state index in [0.717, 1.165) is 5.56 Å². The Morgan fingerprint density at radius 2 is 1.59 bits per heavy atom. The van der Waals surface area contributed by atoms with Crippen molar-refractivity contribution in [2.45, 2.75) is 18.9 Å². The second kappa shape index (κ2) is 7.89. The summed E-state index contributed by atoms with van der Waals surface area (Å²) in [5, 5.41) is 0. The van der Waals surface area contributed by atoms with E-state index in [1.165, 1.54) is 12.1 Å². The molecule has 0 saturated heterocycles. The van der Waals surface area contributed by atoms with Crippen LogP contribution in [0, 0.1) is 5.82 Å². The Bertz CT molecular complexity index is 1290. The molecule has 0 aromatic heterocycles. The van der Waals surface area contributed by atoms with Crippen LogP contribution in [0.5, 0.6) is 5.75 Å². The summed E-state index contributed by atoms with van der Waals surface area (Å²) in [6.07, 6.45) is -0.0541. The number of rotatable bonds is 4. The quantitative estimate of drug-likeness (QED) is 0.560. The number of hydrogen-bond acceptors (Lipinski definition) is 5. The van der Waals surface area contributed by atoms with E-state index in [1.807, 2.05) is 0 Å². The van der Waals surface area contributed by atoms with E-state index in [2.05, 4.69) is 0 Å². The predicted octanol–water partition coefficient (Wildman–Crippen LogP) is 4.77. The van der Waals surface area contributed by atoms with Crippen LogP contribution in [0.4, 0.5) is 4.39 Å². The standard InChI is InChI=1S/C26H17FO5/c27-17-10-8-15(9-11-17)14-31-18-5-3-4-16(12-18)21-13-22(28)32-26-23(21)24(29)19-6-1-2-7-20(19)25(26)30/h1-12,21H,13-14H2. The first-order valence-electron chi connectivity index (χ1n) is 10.1. The van der Waals surface area contributed by atoms with E-state index in [4.69, 9.17) is 9.47 Å². The second-order valence-electron chi connectivity index (χ2n) is 7.67. The number of halogens is 1. The van der Waals surface area contributed by atoms with Gasteiger partial charge in [0, 0.05) is 17.0 Å². The molecule has 0 amide bonds. The number of benzene rings is 3. The van der Waals surface area contributed by atoms with E-state index in [-0.39, 0.29) is 41.5 Å². The fraction of sp³-hybridized carbons (Fsp3) is 0.115. The molecule has 1 heterocycles. The van der Waals surface area contributed by atoms with Crippen LogP contribution >= 0.6 is 0 Å². The van der Waals surface area contributed by atoms with Crippen LogP contribution < -0.4 is 4.74 Å². The van der Waals surface area contributed by atoms with Gasteiger partial charge in [-0.1, -0.05) is 48.5 Å². The third kappa shape index (κ3) is 3.50. The Morgan fingerprint density at radius 3 is 2.34 bits per heavy atom. The molecular weight excluding hydrogens is 411 g/mol. The highest BCUT2D eigenvalue weighted by Crippen LogP contribution is 2.41. The first kappa shape index (κ1) is 19.9. The minimum atomic E-state index is -0.620. The molecule has 158 valence electrons. The summed E-state index contributed by atoms with van der Waals surface area (Å²) < 4.78 is 24.2. The molecule has 0 bridgehead atoms. The molecule has 1 aliphatic carbocycles. The molecule has 3 aromatic carbocycles. The highest BCUT2D eigenvalue weighted by atomic mass is 19.1. The van der Waals surface area contributed by atoms with Crippen LogP contribution in [0.3, 0.4) is 0 Å². The summed E-state index contributed by atoms with van der Waals surface area (Å²) in [5.41, 5.74) is 2.21. The van der Waals surface area contributed by atoms with Crippen molar-refractivity contribution in [1.29, 1.82) is 0 Å². The average molecular weight is 428 g/mol. The van der Waals surface area contributed by atoms with Crippen molar-refractivity contribution in [3.8, 4) is 5.75 Å². The van der Waals surface area contributed by atoms with Crippen LogP contribution in [-0.4, -0.2) is 17.5 Å². The molecule has 32 heavy (non-hydrogen) atoms. The first-order valence-corrected chi connectivity index (χ1v) is 10.1. The lowest BCUT2D eigenvalue weighted by Gasteiger charge is -2.30. The zero-order valence-corrected chi connectivity index (χ0v) is 16.8. The van der Waals surface area contributed by atoms with Gasteiger partial charge in [-0.2, -0.15) is 0 Å². The topological polar surface area (TPSA) is 69.7 Å². The second-order valence-corrected chi connectivity index (χ2v) is 7.67. The van der Waals surface area contributed by atoms with Gasteiger partial charge in [-0.25, -0.2) is 4.39 Å². The first-order chi connectivity index (χ1) is 15.5. The minimum absolute atomic E-state index is 0.0541. The summed E-state index contributed by atoms with van der Waals surface area (Å²) in [4.78, 5) is 38.5. The summed E-state index contributed by atoms with van der Waals surface area (Å²) >= 11 is 0. The monoisotopic (exact) mass is 428 g/mol. The molecule has 2 aliphatic rings. The number of carbonyl (C=O) groups excluding carboxylic acids is 3. The van der Waals surface area contributed by atoms with Gasteiger partial charge >= 0.3 is 5.97 Å². The molecular formula is C26H17FO5. The lowest BCUT2D eigenvalue weighted by atomic mass is 9.77.